The van der Waals surface area contributed by atoms with Crippen LogP contribution in [0.5, 0.6) is 5.95 Å². The number of urea groups is 1. The van der Waals surface area contributed by atoms with Gasteiger partial charge in [-0.3, -0.25) is 0 Å². The third kappa shape index (κ3) is 2.94. The van der Waals surface area contributed by atoms with Gasteiger partial charge in [0.15, 0.2) is 0 Å². The van der Waals surface area contributed by atoms with E-state index in [2.05, 4.69) is 16.4 Å². The van der Waals surface area contributed by atoms with E-state index in [0.717, 1.165) is 61.8 Å². The Kier molecular flexibility index (Phi) is 4.08. The van der Waals surface area contributed by atoms with Crippen LogP contribution >= 0.6 is 0 Å². The lowest BCUT2D eigenvalue weighted by Crippen LogP contribution is -2.35. The molecule has 0 radical (unpaired) electrons. The molecule has 0 saturated carbocycles. The Bertz CT molecular complexity index is 1020. The minimum atomic E-state index is -4.22. The molecule has 1 aromatic heterocycles. The summed E-state index contributed by atoms with van der Waals surface area (Å²) in [5.74, 6) is 0.116. The van der Waals surface area contributed by atoms with Gasteiger partial charge in [0.25, 0.3) is 0 Å². The molecule has 1 aliphatic heterocycles. The van der Waals surface area contributed by atoms with Crippen molar-refractivity contribution in [1.29, 1.82) is 0 Å². The van der Waals surface area contributed by atoms with E-state index in [0.29, 0.717) is 18.7 Å². The van der Waals surface area contributed by atoms with E-state index in [1.54, 1.807) is 0 Å². The summed E-state index contributed by atoms with van der Waals surface area (Å²) in [5, 5.41) is 2.26. The molecule has 2 heterocycles. The molecule has 0 bridgehead atoms. The monoisotopic (exact) mass is 403 g/mol. The van der Waals surface area contributed by atoms with Crippen molar-refractivity contribution in [2.75, 3.05) is 11.9 Å². The Labute approximate surface area is 162 Å². The molecule has 2 aliphatic carbocycles. The quantitative estimate of drug-likeness (QED) is 0.815. The molecule has 0 fully saturated rings. The van der Waals surface area contributed by atoms with Crippen molar-refractivity contribution in [3.63, 3.8) is 0 Å². The van der Waals surface area contributed by atoms with Crippen molar-refractivity contribution >= 4 is 21.7 Å². The van der Waals surface area contributed by atoms with Gasteiger partial charge in [-0.2, -0.15) is 13.4 Å². The number of nitrogens with one attached hydrogen (secondary N) is 2. The molecule has 28 heavy (non-hydrogen) atoms. The van der Waals surface area contributed by atoms with Crippen molar-refractivity contribution in [2.45, 2.75) is 56.6 Å². The van der Waals surface area contributed by atoms with E-state index in [-0.39, 0.29) is 5.95 Å². The maximum Gasteiger partial charge on any atom is 0.339 e. The Morgan fingerprint density at radius 3 is 2.39 bits per heavy atom. The Morgan fingerprint density at radius 2 is 1.71 bits per heavy atom. The SMILES string of the molecule is O=C(Nc1c2c(cc3c1CCC3)CCC2)NS(=O)(=O)c1nc2c(o1)OCCC2. The lowest BCUT2D eigenvalue weighted by molar-refractivity contribution is 0.205. The molecule has 1 aromatic carbocycles. The fraction of sp³-hybridized carbons (Fsp3) is 0.474. The van der Waals surface area contributed by atoms with E-state index >= 15 is 0 Å². The van der Waals surface area contributed by atoms with Gasteiger partial charge in [0, 0.05) is 12.1 Å². The number of benzene rings is 1. The van der Waals surface area contributed by atoms with Crippen LogP contribution in [0.3, 0.4) is 0 Å². The number of anilines is 1. The third-order valence-electron chi connectivity index (χ3n) is 5.60. The van der Waals surface area contributed by atoms with Gasteiger partial charge >= 0.3 is 27.2 Å². The number of amides is 2. The summed E-state index contributed by atoms with van der Waals surface area (Å²) in [7, 11) is -4.22. The van der Waals surface area contributed by atoms with E-state index in [1.165, 1.54) is 11.1 Å². The smallest absolute Gasteiger partial charge is 0.339 e. The topological polar surface area (TPSA) is 111 Å². The van der Waals surface area contributed by atoms with Gasteiger partial charge in [-0.1, -0.05) is 6.07 Å². The fourth-order valence-electron chi connectivity index (χ4n) is 4.38. The minimum Gasteiger partial charge on any atom is -0.464 e. The zero-order valence-corrected chi connectivity index (χ0v) is 16.2. The first kappa shape index (κ1) is 17.5. The van der Waals surface area contributed by atoms with Crippen LogP contribution in [0.1, 0.15) is 47.2 Å². The van der Waals surface area contributed by atoms with Crippen LogP contribution in [-0.4, -0.2) is 26.0 Å². The van der Waals surface area contributed by atoms with Crippen molar-refractivity contribution < 1.29 is 22.4 Å². The molecule has 0 unspecified atom stereocenters. The number of hydrogen-bond donors (Lipinski definition) is 2. The van der Waals surface area contributed by atoms with Crippen molar-refractivity contribution in [3.05, 3.63) is 34.0 Å². The average Bonchev–Trinajstić information content (AvgIpc) is 3.39. The standard InChI is InChI=1S/C19H21N3O5S/c23-18(22-28(24,25)19-20-15-8-3-9-26-17(15)27-19)21-16-13-6-1-4-11(13)10-12-5-2-7-14(12)16/h10H,1-9H2,(H2,21,22,23). The van der Waals surface area contributed by atoms with Gasteiger partial charge in [0.1, 0.15) is 5.69 Å². The highest BCUT2D eigenvalue weighted by molar-refractivity contribution is 7.89. The summed E-state index contributed by atoms with van der Waals surface area (Å²) in [4.78, 5) is 16.5. The number of aryl methyl sites for hydroxylation is 3. The van der Waals surface area contributed by atoms with Gasteiger partial charge in [-0.05, 0) is 67.2 Å². The first-order chi connectivity index (χ1) is 13.5. The lowest BCUT2D eigenvalue weighted by atomic mass is 9.99. The van der Waals surface area contributed by atoms with Crippen LogP contribution in [0.15, 0.2) is 15.7 Å². The molecular formula is C19H21N3O5S. The summed E-state index contributed by atoms with van der Waals surface area (Å²) >= 11 is 0. The number of fused-ring (bicyclic) bond motifs is 3. The van der Waals surface area contributed by atoms with E-state index in [4.69, 9.17) is 9.15 Å². The summed E-state index contributed by atoms with van der Waals surface area (Å²) < 4.78 is 37.6. The highest BCUT2D eigenvalue weighted by atomic mass is 32.2. The number of oxazole rings is 1. The van der Waals surface area contributed by atoms with Crippen LogP contribution < -0.4 is 14.8 Å². The number of nitrogens with zero attached hydrogens (tertiary/aromatic N) is 1. The van der Waals surface area contributed by atoms with Crippen molar-refractivity contribution in [3.8, 4) is 5.95 Å². The van der Waals surface area contributed by atoms with E-state index in [1.807, 2.05) is 4.72 Å². The first-order valence-electron chi connectivity index (χ1n) is 9.64. The molecule has 5 rings (SSSR count). The zero-order chi connectivity index (χ0) is 19.3. The second kappa shape index (κ2) is 6.51. The normalized spacial score (nSPS) is 17.4. The Morgan fingerprint density at radius 1 is 1.00 bits per heavy atom. The molecule has 0 saturated heterocycles. The average molecular weight is 403 g/mol. The van der Waals surface area contributed by atoms with Crippen LogP contribution in [0.25, 0.3) is 0 Å². The molecule has 0 atom stereocenters. The van der Waals surface area contributed by atoms with Gasteiger partial charge in [-0.25, -0.2) is 9.52 Å². The summed E-state index contributed by atoms with van der Waals surface area (Å²) in [6.07, 6.45) is 7.23. The maximum atomic E-state index is 12.5. The second-order valence-corrected chi connectivity index (χ2v) is 9.02. The predicted octanol–water partition coefficient (Wildman–Crippen LogP) is 2.49. The highest BCUT2D eigenvalue weighted by Crippen LogP contribution is 2.38. The molecule has 0 spiro atoms. The van der Waals surface area contributed by atoms with Crippen LogP contribution in [0, 0.1) is 0 Å². The van der Waals surface area contributed by atoms with E-state index in [9.17, 15) is 13.2 Å². The molecule has 2 N–H and O–H groups in total. The summed E-state index contributed by atoms with van der Waals surface area (Å²) in [6.45, 7) is 0.458. The van der Waals surface area contributed by atoms with Gasteiger partial charge in [0.05, 0.1) is 6.61 Å². The number of sulfonamides is 1. The molecule has 148 valence electrons. The van der Waals surface area contributed by atoms with Gasteiger partial charge < -0.3 is 14.5 Å². The summed E-state index contributed by atoms with van der Waals surface area (Å²) in [5.41, 5.74) is 6.03. The van der Waals surface area contributed by atoms with E-state index < -0.39 is 21.3 Å². The number of carbonyl (C=O) groups excluding carboxylic acids is 1. The molecule has 2 aromatic rings. The zero-order valence-electron chi connectivity index (χ0n) is 15.3. The first-order valence-corrected chi connectivity index (χ1v) is 11.1. The molecule has 3 aliphatic rings. The summed E-state index contributed by atoms with van der Waals surface area (Å²) in [6, 6.07) is 1.45. The minimum absolute atomic E-state index is 0.116. The Balaban J connectivity index is 1.39. The van der Waals surface area contributed by atoms with Crippen LogP contribution in [-0.2, 0) is 42.1 Å². The number of ether oxygens (including phenoxy) is 1. The van der Waals surface area contributed by atoms with Crippen molar-refractivity contribution in [2.24, 2.45) is 0 Å². The predicted molar refractivity (Wildman–Crippen MR) is 100 cm³/mol. The number of carbonyl (C=O) groups is 1. The van der Waals surface area contributed by atoms with Gasteiger partial charge in [-0.15, -0.1) is 0 Å². The largest absolute Gasteiger partial charge is 0.464 e. The second-order valence-electron chi connectivity index (χ2n) is 7.46. The number of aromatic nitrogens is 1. The molecule has 2 amide bonds. The fourth-order valence-corrected chi connectivity index (χ4v) is 5.18. The van der Waals surface area contributed by atoms with Crippen molar-refractivity contribution in [1.82, 2.24) is 9.71 Å². The maximum absolute atomic E-state index is 12.5. The van der Waals surface area contributed by atoms with Gasteiger partial charge in [0.2, 0.25) is 0 Å². The molecular weight excluding hydrogens is 382 g/mol. The van der Waals surface area contributed by atoms with Crippen LogP contribution in [0.4, 0.5) is 10.5 Å². The molecule has 8 nitrogen and oxygen atoms in total. The Hall–Kier alpha value is -2.55. The van der Waals surface area contributed by atoms with Crippen LogP contribution in [0.2, 0.25) is 0 Å². The highest BCUT2D eigenvalue weighted by Gasteiger charge is 2.30. The number of hydrogen-bond acceptors (Lipinski definition) is 6. The number of rotatable bonds is 3. The molecule has 9 heteroatoms. The lowest BCUT2D eigenvalue weighted by Gasteiger charge is -2.16. The third-order valence-corrected chi connectivity index (χ3v) is 6.69.